The van der Waals surface area contributed by atoms with Gasteiger partial charge in [0.15, 0.2) is 0 Å². The summed E-state index contributed by atoms with van der Waals surface area (Å²) >= 11 is 0. The Kier molecular flexibility index (Phi) is 23.1. The van der Waals surface area contributed by atoms with E-state index >= 15 is 0 Å². The first kappa shape index (κ1) is 60.9. The lowest BCUT2D eigenvalue weighted by molar-refractivity contribution is -0.152. The molecule has 0 aromatic carbocycles. The first-order valence-electron chi connectivity index (χ1n) is 25.3. The predicted octanol–water partition coefficient (Wildman–Crippen LogP) is -2.07. The Labute approximate surface area is 430 Å². The van der Waals surface area contributed by atoms with E-state index in [2.05, 4.69) is 16.0 Å². The molecule has 0 bridgehead atoms. The lowest BCUT2D eigenvalue weighted by atomic mass is 9.95. The summed E-state index contributed by atoms with van der Waals surface area (Å²) < 4.78 is 0. The van der Waals surface area contributed by atoms with Gasteiger partial charge in [0.05, 0.1) is 52.2 Å². The van der Waals surface area contributed by atoms with Crippen molar-refractivity contribution in [3.63, 3.8) is 0 Å². The van der Waals surface area contributed by atoms with Gasteiger partial charge in [0.1, 0.15) is 23.7 Å². The van der Waals surface area contributed by atoms with Crippen LogP contribution >= 0.6 is 0 Å². The SMILES string of the molecule is CC[C@H](C)C1NC(=O)C(CC(C)C)N(C)C(=O)CC(C(=O)N2CCCCC2)N(C)C(=O)CN(C)C(=O)C2(CCCC2)NC(=O)CN(C)C(=O)CNC(=O)CN(C)C(=O)CN(C)C(=O)CN(C)C(=O)CN(C)C1=O. The Balaban J connectivity index is 2.02. The van der Waals surface area contributed by atoms with Crippen molar-refractivity contribution >= 4 is 70.9 Å². The summed E-state index contributed by atoms with van der Waals surface area (Å²) in [6.45, 7) is 4.71. The van der Waals surface area contributed by atoms with Gasteiger partial charge < -0.3 is 60.0 Å². The van der Waals surface area contributed by atoms with Gasteiger partial charge in [-0.15, -0.1) is 0 Å². The molecule has 4 atom stereocenters. The van der Waals surface area contributed by atoms with Crippen molar-refractivity contribution in [1.29, 1.82) is 0 Å². The molecule has 3 unspecified atom stereocenters. The number of piperidine rings is 1. The summed E-state index contributed by atoms with van der Waals surface area (Å²) in [4.78, 5) is 175. The number of hydrogen-bond acceptors (Lipinski definition) is 12. The standard InChI is InChI=1S/C49H82N12O12/c1-13-33(4)44-47(72)57(9)30-42(68)56(8)29-41(67)55(7)28-40(66)54(6)26-36(62)50-25-39(65)53(5)27-37(63)52-49(19-15-16-20-49)48(73)58(10)31-43(69)60(12)35(46(71)61-21-17-14-18-22-61)24-38(64)59(11)34(23-32(2)3)45(70)51-44/h32-35,44H,13-31H2,1-12H3,(H,50,62)(H,51,70)(H,52,63)/t33-,34?,35?,44?/m0/s1. The highest BCUT2D eigenvalue weighted by molar-refractivity contribution is 5.98. The Morgan fingerprint density at radius 2 is 1.07 bits per heavy atom. The number of likely N-dealkylation sites (tertiary alicyclic amines) is 1. The largest absolute Gasteiger partial charge is 0.345 e. The second kappa shape index (κ2) is 27.6. The van der Waals surface area contributed by atoms with E-state index in [0.717, 1.165) is 48.7 Å². The van der Waals surface area contributed by atoms with E-state index in [1.54, 1.807) is 11.8 Å². The Morgan fingerprint density at radius 3 is 1.60 bits per heavy atom. The van der Waals surface area contributed by atoms with Gasteiger partial charge in [0.2, 0.25) is 70.9 Å². The summed E-state index contributed by atoms with van der Waals surface area (Å²) in [5, 5.41) is 8.06. The minimum atomic E-state index is -1.41. The molecule has 3 N–H and O–H groups in total. The molecule has 2 saturated heterocycles. The highest BCUT2D eigenvalue weighted by Gasteiger charge is 2.45. The molecule has 3 rings (SSSR count). The Bertz CT molecular complexity index is 2060. The van der Waals surface area contributed by atoms with Crippen LogP contribution < -0.4 is 16.0 Å². The summed E-state index contributed by atoms with van der Waals surface area (Å²) in [7, 11) is 10.9. The molecule has 2 heterocycles. The minimum Gasteiger partial charge on any atom is -0.345 e. The molecule has 0 aromatic heterocycles. The van der Waals surface area contributed by atoms with Gasteiger partial charge in [-0.3, -0.25) is 57.5 Å². The second-order valence-electron chi connectivity index (χ2n) is 20.6. The van der Waals surface area contributed by atoms with Gasteiger partial charge in [-0.25, -0.2) is 0 Å². The average Bonchev–Trinajstić information content (AvgIpc) is 3.82. The molecule has 1 spiro atoms. The molecular formula is C49H82N12O12. The van der Waals surface area contributed by atoms with Crippen LogP contribution in [-0.2, 0) is 57.5 Å². The zero-order chi connectivity index (χ0) is 55.1. The van der Waals surface area contributed by atoms with Crippen molar-refractivity contribution in [1.82, 2.24) is 60.0 Å². The lowest BCUT2D eigenvalue weighted by Crippen LogP contribution is -2.60. The molecule has 24 nitrogen and oxygen atoms in total. The molecule has 0 radical (unpaired) electrons. The van der Waals surface area contributed by atoms with Gasteiger partial charge in [-0.05, 0) is 50.4 Å². The van der Waals surface area contributed by atoms with E-state index in [1.165, 1.54) is 66.2 Å². The van der Waals surface area contributed by atoms with Crippen LogP contribution in [0.1, 0.15) is 91.9 Å². The number of hydrogen-bond donors (Lipinski definition) is 3. The fourth-order valence-electron chi connectivity index (χ4n) is 9.06. The fraction of sp³-hybridized carbons (Fsp3) is 0.755. The number of nitrogens with one attached hydrogen (secondary N) is 3. The van der Waals surface area contributed by atoms with Gasteiger partial charge in [0.25, 0.3) is 0 Å². The van der Waals surface area contributed by atoms with Crippen LogP contribution in [0.15, 0.2) is 0 Å². The van der Waals surface area contributed by atoms with Crippen LogP contribution in [0.4, 0.5) is 0 Å². The summed E-state index contributed by atoms with van der Waals surface area (Å²) in [6, 6.07) is -3.61. The molecule has 12 amide bonds. The van der Waals surface area contributed by atoms with Crippen molar-refractivity contribution in [2.75, 3.05) is 115 Å². The third kappa shape index (κ3) is 17.1. The second-order valence-corrected chi connectivity index (χ2v) is 20.6. The van der Waals surface area contributed by atoms with Crippen molar-refractivity contribution < 1.29 is 57.5 Å². The van der Waals surface area contributed by atoms with Crippen LogP contribution in [0.25, 0.3) is 0 Å². The van der Waals surface area contributed by atoms with E-state index in [-0.39, 0.29) is 25.2 Å². The first-order chi connectivity index (χ1) is 34.1. The van der Waals surface area contributed by atoms with Crippen LogP contribution in [-0.4, -0.2) is 254 Å². The molecule has 3 fully saturated rings. The molecule has 1 saturated carbocycles. The zero-order valence-electron chi connectivity index (χ0n) is 45.2. The molecular weight excluding hydrogens is 949 g/mol. The zero-order valence-corrected chi connectivity index (χ0v) is 45.2. The highest BCUT2D eigenvalue weighted by atomic mass is 16.2. The maximum atomic E-state index is 14.4. The molecule has 73 heavy (non-hydrogen) atoms. The highest BCUT2D eigenvalue weighted by Crippen LogP contribution is 2.31. The van der Waals surface area contributed by atoms with Crippen molar-refractivity contribution in [2.45, 2.75) is 116 Å². The van der Waals surface area contributed by atoms with Crippen LogP contribution in [0, 0.1) is 11.8 Å². The predicted molar refractivity (Wildman–Crippen MR) is 267 cm³/mol. The Morgan fingerprint density at radius 1 is 0.575 bits per heavy atom. The Hall–Kier alpha value is -6.36. The van der Waals surface area contributed by atoms with Gasteiger partial charge in [0, 0.05) is 69.5 Å². The maximum absolute atomic E-state index is 14.4. The van der Waals surface area contributed by atoms with Crippen LogP contribution in [0.2, 0.25) is 0 Å². The fourth-order valence-corrected chi connectivity index (χ4v) is 9.06. The van der Waals surface area contributed by atoms with E-state index < -0.39 is 153 Å². The number of rotatable bonds is 5. The van der Waals surface area contributed by atoms with Gasteiger partial charge in [-0.2, -0.15) is 0 Å². The molecule has 410 valence electrons. The lowest BCUT2D eigenvalue weighted by Gasteiger charge is -2.37. The van der Waals surface area contributed by atoms with Crippen LogP contribution in [0.3, 0.4) is 0 Å². The molecule has 2 aliphatic heterocycles. The van der Waals surface area contributed by atoms with Crippen molar-refractivity contribution in [3.8, 4) is 0 Å². The number of carbonyl (C=O) groups is 12. The minimum absolute atomic E-state index is 0.132. The summed E-state index contributed by atoms with van der Waals surface area (Å²) in [6.07, 6.45) is 4.09. The maximum Gasteiger partial charge on any atom is 0.248 e. The summed E-state index contributed by atoms with van der Waals surface area (Å²) in [5.74, 6) is -8.07. The van der Waals surface area contributed by atoms with Crippen molar-refractivity contribution in [2.24, 2.45) is 11.8 Å². The monoisotopic (exact) mass is 1030 g/mol. The van der Waals surface area contributed by atoms with Gasteiger partial charge in [-0.1, -0.05) is 47.0 Å². The van der Waals surface area contributed by atoms with E-state index in [4.69, 9.17) is 0 Å². The first-order valence-corrected chi connectivity index (χ1v) is 25.3. The van der Waals surface area contributed by atoms with Crippen LogP contribution in [0.5, 0.6) is 0 Å². The number of carbonyl (C=O) groups excluding carboxylic acids is 12. The topological polar surface area (TPSA) is 270 Å². The smallest absolute Gasteiger partial charge is 0.248 e. The third-order valence-electron chi connectivity index (χ3n) is 14.2. The molecule has 3 aliphatic rings. The number of nitrogens with zero attached hydrogens (tertiary/aromatic N) is 9. The van der Waals surface area contributed by atoms with E-state index in [0.29, 0.717) is 32.4 Å². The molecule has 1 aliphatic carbocycles. The van der Waals surface area contributed by atoms with Crippen molar-refractivity contribution in [3.05, 3.63) is 0 Å². The number of amides is 12. The quantitative estimate of drug-likeness (QED) is 0.268. The van der Waals surface area contributed by atoms with Gasteiger partial charge >= 0.3 is 0 Å². The van der Waals surface area contributed by atoms with E-state index in [9.17, 15) is 57.5 Å². The molecule has 24 heteroatoms. The number of likely N-dealkylation sites (N-methyl/N-ethyl adjacent to an activating group) is 8. The molecule has 0 aromatic rings. The normalized spacial score (nSPS) is 24.4. The average molecular weight is 1030 g/mol. The summed E-state index contributed by atoms with van der Waals surface area (Å²) in [5.41, 5.74) is -1.41. The van der Waals surface area contributed by atoms with E-state index in [1.807, 2.05) is 20.8 Å². The third-order valence-corrected chi connectivity index (χ3v) is 14.2.